The number of hydrogen-bond acceptors (Lipinski definition) is 4. The van der Waals surface area contributed by atoms with Crippen LogP contribution in [0.4, 0.5) is 10.2 Å². The summed E-state index contributed by atoms with van der Waals surface area (Å²) in [6.07, 6.45) is 3.19. The fourth-order valence-electron chi connectivity index (χ4n) is 2.71. The van der Waals surface area contributed by atoms with Gasteiger partial charge in [-0.15, -0.1) is 0 Å². The van der Waals surface area contributed by atoms with E-state index in [1.54, 1.807) is 24.4 Å². The van der Waals surface area contributed by atoms with Crippen molar-refractivity contribution >= 4 is 28.3 Å². The third-order valence-electron chi connectivity index (χ3n) is 3.84. The highest BCUT2D eigenvalue weighted by Gasteiger charge is 2.14. The summed E-state index contributed by atoms with van der Waals surface area (Å²) in [5.74, 6) is -0.0291. The zero-order chi connectivity index (χ0) is 17.4. The van der Waals surface area contributed by atoms with E-state index < -0.39 is 0 Å². The van der Waals surface area contributed by atoms with E-state index in [-0.39, 0.29) is 11.6 Å². The van der Waals surface area contributed by atoms with E-state index in [1.807, 2.05) is 18.2 Å². The first-order chi connectivity index (χ1) is 12.1. The van der Waals surface area contributed by atoms with Crippen LogP contribution in [-0.2, 0) is 0 Å². The number of fused-ring (bicyclic) bond motifs is 1. The molecule has 25 heavy (non-hydrogen) atoms. The Balaban J connectivity index is 1.95. The molecule has 0 fully saturated rings. The van der Waals surface area contributed by atoms with E-state index in [4.69, 9.17) is 17.3 Å². The van der Waals surface area contributed by atoms with E-state index in [0.29, 0.717) is 16.4 Å². The molecule has 2 heterocycles. The lowest BCUT2D eigenvalue weighted by atomic mass is 10.0. The Morgan fingerprint density at radius 1 is 0.920 bits per heavy atom. The third-order valence-corrected chi connectivity index (χ3v) is 4.13. The lowest BCUT2D eigenvalue weighted by Crippen LogP contribution is -1.98. The SMILES string of the molecule is Nc1cnc(-c2cc(Cl)c3ncccc3c2)c(-c2ccc(F)cc2)n1. The molecule has 0 aliphatic rings. The number of nitrogen functional groups attached to an aromatic ring is 1. The van der Waals surface area contributed by atoms with Crippen LogP contribution in [0.3, 0.4) is 0 Å². The van der Waals surface area contributed by atoms with Gasteiger partial charge in [0.2, 0.25) is 0 Å². The maximum absolute atomic E-state index is 13.2. The summed E-state index contributed by atoms with van der Waals surface area (Å²) in [6, 6.07) is 13.6. The van der Waals surface area contributed by atoms with Gasteiger partial charge in [-0.1, -0.05) is 17.7 Å². The van der Waals surface area contributed by atoms with Crippen LogP contribution in [0.15, 0.2) is 60.9 Å². The number of pyridine rings is 1. The second-order valence-electron chi connectivity index (χ2n) is 5.53. The van der Waals surface area contributed by atoms with Gasteiger partial charge in [0.25, 0.3) is 0 Å². The van der Waals surface area contributed by atoms with Crippen LogP contribution in [0.2, 0.25) is 5.02 Å². The van der Waals surface area contributed by atoms with Gasteiger partial charge in [0, 0.05) is 22.7 Å². The Morgan fingerprint density at radius 2 is 1.72 bits per heavy atom. The van der Waals surface area contributed by atoms with Gasteiger partial charge in [-0.2, -0.15) is 0 Å². The molecule has 4 aromatic rings. The minimum absolute atomic E-state index is 0.289. The monoisotopic (exact) mass is 350 g/mol. The number of benzene rings is 2. The van der Waals surface area contributed by atoms with Crippen molar-refractivity contribution in [1.29, 1.82) is 0 Å². The quantitative estimate of drug-likeness (QED) is 0.567. The van der Waals surface area contributed by atoms with Gasteiger partial charge in [-0.05, 0) is 42.5 Å². The molecule has 0 saturated carbocycles. The molecular formula is C19H12ClFN4. The van der Waals surface area contributed by atoms with E-state index >= 15 is 0 Å². The van der Waals surface area contributed by atoms with Crippen LogP contribution in [0, 0.1) is 5.82 Å². The predicted molar refractivity (Wildman–Crippen MR) is 97.6 cm³/mol. The highest BCUT2D eigenvalue weighted by atomic mass is 35.5. The molecule has 2 N–H and O–H groups in total. The molecule has 0 saturated heterocycles. The molecule has 0 amide bonds. The summed E-state index contributed by atoms with van der Waals surface area (Å²) in [5, 5.41) is 1.42. The number of anilines is 1. The number of hydrogen-bond donors (Lipinski definition) is 1. The van der Waals surface area contributed by atoms with Crippen molar-refractivity contribution in [3.8, 4) is 22.5 Å². The molecule has 0 aliphatic carbocycles. The zero-order valence-electron chi connectivity index (χ0n) is 12.9. The number of rotatable bonds is 2. The molecule has 0 radical (unpaired) electrons. The molecule has 4 nitrogen and oxygen atoms in total. The molecule has 6 heteroatoms. The summed E-state index contributed by atoms with van der Waals surface area (Å²) < 4.78 is 13.2. The lowest BCUT2D eigenvalue weighted by molar-refractivity contribution is 0.628. The first kappa shape index (κ1) is 15.5. The van der Waals surface area contributed by atoms with Crippen molar-refractivity contribution < 1.29 is 4.39 Å². The summed E-state index contributed by atoms with van der Waals surface area (Å²) in [7, 11) is 0. The average Bonchev–Trinajstić information content (AvgIpc) is 2.62. The predicted octanol–water partition coefficient (Wildman–Crippen LogP) is 4.73. The third kappa shape index (κ3) is 2.90. The zero-order valence-corrected chi connectivity index (χ0v) is 13.7. The molecular weight excluding hydrogens is 339 g/mol. The summed E-state index contributed by atoms with van der Waals surface area (Å²) >= 11 is 6.38. The minimum atomic E-state index is -0.318. The second kappa shape index (κ2) is 6.11. The average molecular weight is 351 g/mol. The Hall–Kier alpha value is -3.05. The Morgan fingerprint density at radius 3 is 2.52 bits per heavy atom. The fraction of sp³-hybridized carbons (Fsp3) is 0. The second-order valence-corrected chi connectivity index (χ2v) is 5.94. The van der Waals surface area contributed by atoms with Crippen molar-refractivity contribution in [2.24, 2.45) is 0 Å². The summed E-state index contributed by atoms with van der Waals surface area (Å²) in [4.78, 5) is 13.1. The summed E-state index contributed by atoms with van der Waals surface area (Å²) in [6.45, 7) is 0. The largest absolute Gasteiger partial charge is 0.382 e. The van der Waals surface area contributed by atoms with Crippen molar-refractivity contribution in [3.63, 3.8) is 0 Å². The molecule has 122 valence electrons. The first-order valence-corrected chi connectivity index (χ1v) is 7.93. The van der Waals surface area contributed by atoms with Gasteiger partial charge < -0.3 is 5.73 Å². The van der Waals surface area contributed by atoms with Crippen LogP contribution in [0.25, 0.3) is 33.4 Å². The summed E-state index contributed by atoms with van der Waals surface area (Å²) in [5.41, 5.74) is 9.23. The maximum Gasteiger partial charge on any atom is 0.142 e. The molecule has 0 spiro atoms. The highest BCUT2D eigenvalue weighted by Crippen LogP contribution is 2.33. The van der Waals surface area contributed by atoms with E-state index in [0.717, 1.165) is 22.0 Å². The van der Waals surface area contributed by atoms with Crippen molar-refractivity contribution in [1.82, 2.24) is 15.0 Å². The van der Waals surface area contributed by atoms with Crippen LogP contribution < -0.4 is 5.73 Å². The first-order valence-electron chi connectivity index (χ1n) is 7.55. The normalized spacial score (nSPS) is 11.0. The van der Waals surface area contributed by atoms with Crippen molar-refractivity contribution in [2.45, 2.75) is 0 Å². The van der Waals surface area contributed by atoms with Crippen LogP contribution in [0.1, 0.15) is 0 Å². The lowest BCUT2D eigenvalue weighted by Gasteiger charge is -2.11. The van der Waals surface area contributed by atoms with Gasteiger partial charge in [0.1, 0.15) is 11.6 Å². The Bertz CT molecular complexity index is 1080. The van der Waals surface area contributed by atoms with E-state index in [2.05, 4.69) is 15.0 Å². The minimum Gasteiger partial charge on any atom is -0.382 e. The highest BCUT2D eigenvalue weighted by molar-refractivity contribution is 6.35. The number of aromatic nitrogens is 3. The topological polar surface area (TPSA) is 64.7 Å². The molecule has 2 aromatic heterocycles. The van der Waals surface area contributed by atoms with E-state index in [9.17, 15) is 4.39 Å². The van der Waals surface area contributed by atoms with Gasteiger partial charge in [-0.3, -0.25) is 9.97 Å². The standard InChI is InChI=1S/C19H12ClFN4/c20-15-9-13(8-12-2-1-7-23-17(12)15)18-19(25-16(22)10-24-18)11-3-5-14(21)6-4-11/h1-10H,(H2,22,25). The van der Waals surface area contributed by atoms with Gasteiger partial charge in [-0.25, -0.2) is 9.37 Å². The van der Waals surface area contributed by atoms with Gasteiger partial charge >= 0.3 is 0 Å². The van der Waals surface area contributed by atoms with Gasteiger partial charge in [0.05, 0.1) is 28.1 Å². The van der Waals surface area contributed by atoms with E-state index in [1.165, 1.54) is 18.3 Å². The molecule has 2 aromatic carbocycles. The van der Waals surface area contributed by atoms with Crippen LogP contribution in [-0.4, -0.2) is 15.0 Å². The van der Waals surface area contributed by atoms with Crippen molar-refractivity contribution in [3.05, 3.63) is 71.8 Å². The smallest absolute Gasteiger partial charge is 0.142 e. The molecule has 0 atom stereocenters. The maximum atomic E-state index is 13.2. The molecule has 0 unspecified atom stereocenters. The number of nitrogens with two attached hydrogens (primary N) is 1. The van der Waals surface area contributed by atoms with Crippen LogP contribution >= 0.6 is 11.6 Å². The Labute approximate surface area is 148 Å². The van der Waals surface area contributed by atoms with Crippen molar-refractivity contribution in [2.75, 3.05) is 5.73 Å². The number of nitrogens with zero attached hydrogens (tertiary/aromatic N) is 3. The van der Waals surface area contributed by atoms with Crippen LogP contribution in [0.5, 0.6) is 0 Å². The van der Waals surface area contributed by atoms with Gasteiger partial charge in [0.15, 0.2) is 0 Å². The molecule has 4 rings (SSSR count). The molecule has 0 bridgehead atoms. The Kier molecular flexibility index (Phi) is 3.78. The number of halogens is 2. The molecule has 0 aliphatic heterocycles. The fourth-order valence-corrected chi connectivity index (χ4v) is 2.98.